The van der Waals surface area contributed by atoms with Crippen molar-refractivity contribution in [2.75, 3.05) is 18.4 Å². The lowest BCUT2D eigenvalue weighted by Crippen LogP contribution is -2.41. The molecule has 1 aromatic carbocycles. The van der Waals surface area contributed by atoms with E-state index in [-0.39, 0.29) is 17.9 Å². The first kappa shape index (κ1) is 21.2. The van der Waals surface area contributed by atoms with E-state index < -0.39 is 0 Å². The number of rotatable bonds is 7. The van der Waals surface area contributed by atoms with Crippen molar-refractivity contribution < 1.29 is 9.59 Å². The summed E-state index contributed by atoms with van der Waals surface area (Å²) in [6.45, 7) is 1.58. The Balaban J connectivity index is 1.09. The van der Waals surface area contributed by atoms with Crippen LogP contribution in [-0.2, 0) is 16.0 Å². The van der Waals surface area contributed by atoms with Gasteiger partial charge in [0.1, 0.15) is 5.82 Å². The number of likely N-dealkylation sites (tertiary alicyclic amines) is 1. The second-order valence-electron chi connectivity index (χ2n) is 9.93. The molecule has 0 unspecified atom stereocenters. The summed E-state index contributed by atoms with van der Waals surface area (Å²) in [5.41, 5.74) is 1.63. The van der Waals surface area contributed by atoms with Crippen LogP contribution < -0.4 is 5.32 Å². The molecule has 5 rings (SSSR count). The van der Waals surface area contributed by atoms with Gasteiger partial charge in [-0.25, -0.2) is 4.68 Å². The summed E-state index contributed by atoms with van der Waals surface area (Å²) in [7, 11) is 0. The van der Waals surface area contributed by atoms with Crippen LogP contribution in [-0.4, -0.2) is 39.6 Å². The Morgan fingerprint density at radius 1 is 1.06 bits per heavy atom. The summed E-state index contributed by atoms with van der Waals surface area (Å²) in [6, 6.07) is 12.4. The number of hydrogen-bond acceptors (Lipinski definition) is 3. The third kappa shape index (κ3) is 4.45. The average Bonchev–Trinajstić information content (AvgIpc) is 3.11. The number of nitrogens with zero attached hydrogens (tertiary/aromatic N) is 3. The third-order valence-corrected chi connectivity index (χ3v) is 7.86. The third-order valence-electron chi connectivity index (χ3n) is 7.86. The fourth-order valence-corrected chi connectivity index (χ4v) is 5.89. The molecular formula is C26H34N4O2. The van der Waals surface area contributed by atoms with E-state index in [0.717, 1.165) is 51.0 Å². The number of hydrogen-bond donors (Lipinski definition) is 1. The quantitative estimate of drug-likeness (QED) is 0.693. The van der Waals surface area contributed by atoms with Gasteiger partial charge in [-0.05, 0) is 55.9 Å². The normalized spacial score (nSPS) is 22.2. The topological polar surface area (TPSA) is 67.2 Å². The highest BCUT2D eigenvalue weighted by Gasteiger charge is 2.59. The monoisotopic (exact) mass is 434 g/mol. The van der Waals surface area contributed by atoms with Gasteiger partial charge >= 0.3 is 0 Å². The molecular weight excluding hydrogens is 400 g/mol. The van der Waals surface area contributed by atoms with Gasteiger partial charge in [0.15, 0.2) is 0 Å². The first-order valence-corrected chi connectivity index (χ1v) is 12.3. The number of carbonyl (C=O) groups excluding carboxylic acids is 2. The van der Waals surface area contributed by atoms with Crippen LogP contribution >= 0.6 is 0 Å². The summed E-state index contributed by atoms with van der Waals surface area (Å²) in [5, 5.41) is 7.54. The summed E-state index contributed by atoms with van der Waals surface area (Å²) in [4.78, 5) is 27.5. The Labute approximate surface area is 190 Å². The molecule has 1 aliphatic heterocycles. The molecule has 1 saturated heterocycles. The molecule has 170 valence electrons. The van der Waals surface area contributed by atoms with Gasteiger partial charge in [-0.3, -0.25) is 9.59 Å². The van der Waals surface area contributed by atoms with Crippen molar-refractivity contribution in [3.8, 4) is 0 Å². The molecule has 32 heavy (non-hydrogen) atoms. The lowest BCUT2D eigenvalue weighted by atomic mass is 10.00. The molecule has 3 aliphatic rings. The van der Waals surface area contributed by atoms with Crippen LogP contribution in [0.3, 0.4) is 0 Å². The molecule has 1 aromatic heterocycles. The van der Waals surface area contributed by atoms with Crippen molar-refractivity contribution in [1.29, 1.82) is 0 Å². The van der Waals surface area contributed by atoms with E-state index in [4.69, 9.17) is 0 Å². The zero-order valence-corrected chi connectivity index (χ0v) is 18.8. The van der Waals surface area contributed by atoms with Crippen molar-refractivity contribution in [2.24, 2.45) is 11.3 Å². The number of aryl methyl sites for hydroxylation is 1. The van der Waals surface area contributed by atoms with Gasteiger partial charge in [0.2, 0.25) is 11.8 Å². The Bertz CT molecular complexity index is 940. The van der Waals surface area contributed by atoms with Gasteiger partial charge in [-0.15, -0.1) is 0 Å². The highest BCUT2D eigenvalue weighted by molar-refractivity contribution is 5.89. The number of aromatic nitrogens is 2. The molecule has 6 heteroatoms. The minimum Gasteiger partial charge on any atom is -0.342 e. The molecule has 2 aromatic rings. The predicted molar refractivity (Wildman–Crippen MR) is 124 cm³/mol. The molecule has 6 nitrogen and oxygen atoms in total. The SMILES string of the molecule is O=C(CCCc1ccccc1)Nc1ccnn1C1CCN(C(=O)[C@H]2CC23CCCC3)CC1. The van der Waals surface area contributed by atoms with Crippen LogP contribution in [0, 0.1) is 11.3 Å². The van der Waals surface area contributed by atoms with E-state index in [2.05, 4.69) is 27.4 Å². The Morgan fingerprint density at radius 2 is 1.81 bits per heavy atom. The van der Waals surface area contributed by atoms with Crippen molar-refractivity contribution in [1.82, 2.24) is 14.7 Å². The maximum atomic E-state index is 13.0. The smallest absolute Gasteiger partial charge is 0.226 e. The van der Waals surface area contributed by atoms with E-state index in [1.807, 2.05) is 28.9 Å². The summed E-state index contributed by atoms with van der Waals surface area (Å²) in [5.74, 6) is 1.48. The van der Waals surface area contributed by atoms with E-state index >= 15 is 0 Å². The minimum absolute atomic E-state index is 0.0332. The largest absolute Gasteiger partial charge is 0.342 e. The van der Waals surface area contributed by atoms with Gasteiger partial charge in [0, 0.05) is 31.5 Å². The number of anilines is 1. The lowest BCUT2D eigenvalue weighted by Gasteiger charge is -2.33. The first-order chi connectivity index (χ1) is 15.6. The highest BCUT2D eigenvalue weighted by Crippen LogP contribution is 2.63. The fraction of sp³-hybridized carbons (Fsp3) is 0.577. The summed E-state index contributed by atoms with van der Waals surface area (Å²) < 4.78 is 1.95. The van der Waals surface area contributed by atoms with Gasteiger partial charge < -0.3 is 10.2 Å². The fourth-order valence-electron chi connectivity index (χ4n) is 5.89. The molecule has 2 amide bonds. The molecule has 0 radical (unpaired) electrons. The molecule has 2 aliphatic carbocycles. The highest BCUT2D eigenvalue weighted by atomic mass is 16.2. The molecule has 1 N–H and O–H groups in total. The van der Waals surface area contributed by atoms with Crippen LogP contribution in [0.4, 0.5) is 5.82 Å². The van der Waals surface area contributed by atoms with Crippen LogP contribution in [0.1, 0.15) is 69.4 Å². The second kappa shape index (κ2) is 9.08. The molecule has 1 atom stereocenters. The standard InChI is InChI=1S/C26H34N4O2/c31-24(10-6-9-20-7-2-1-3-8-20)28-23-11-16-27-30(23)21-12-17-29(18-13-21)25(32)22-19-26(22)14-4-5-15-26/h1-3,7-8,11,16,21-22H,4-6,9-10,12-15,17-19H2,(H,28,31)/t22-/m1/s1. The van der Waals surface area contributed by atoms with E-state index in [0.29, 0.717) is 17.7 Å². The molecule has 3 fully saturated rings. The van der Waals surface area contributed by atoms with Crippen molar-refractivity contribution in [3.63, 3.8) is 0 Å². The Morgan fingerprint density at radius 3 is 2.56 bits per heavy atom. The zero-order chi connectivity index (χ0) is 22.0. The van der Waals surface area contributed by atoms with Crippen LogP contribution in [0.25, 0.3) is 0 Å². The maximum absolute atomic E-state index is 13.0. The van der Waals surface area contributed by atoms with E-state index in [9.17, 15) is 9.59 Å². The van der Waals surface area contributed by atoms with Gasteiger partial charge in [0.25, 0.3) is 0 Å². The number of nitrogens with one attached hydrogen (secondary N) is 1. The summed E-state index contributed by atoms with van der Waals surface area (Å²) >= 11 is 0. The Kier molecular flexibility index (Phi) is 6.03. The van der Waals surface area contributed by atoms with Crippen molar-refractivity contribution >= 4 is 17.6 Å². The van der Waals surface area contributed by atoms with Crippen LogP contribution in [0.15, 0.2) is 42.6 Å². The van der Waals surface area contributed by atoms with Crippen LogP contribution in [0.2, 0.25) is 0 Å². The lowest BCUT2D eigenvalue weighted by molar-refractivity contribution is -0.134. The van der Waals surface area contributed by atoms with E-state index in [1.54, 1.807) is 6.20 Å². The number of piperidine rings is 1. The first-order valence-electron chi connectivity index (χ1n) is 12.3. The number of carbonyl (C=O) groups is 2. The number of benzene rings is 1. The van der Waals surface area contributed by atoms with Crippen LogP contribution in [0.5, 0.6) is 0 Å². The molecule has 2 heterocycles. The maximum Gasteiger partial charge on any atom is 0.226 e. The molecule has 1 spiro atoms. The summed E-state index contributed by atoms with van der Waals surface area (Å²) in [6.07, 6.45) is 12.0. The average molecular weight is 435 g/mol. The van der Waals surface area contributed by atoms with Crippen molar-refractivity contribution in [3.05, 3.63) is 48.2 Å². The minimum atomic E-state index is 0.0332. The van der Waals surface area contributed by atoms with Crippen molar-refractivity contribution in [2.45, 2.75) is 70.3 Å². The molecule has 2 saturated carbocycles. The van der Waals surface area contributed by atoms with Gasteiger partial charge in [-0.2, -0.15) is 5.10 Å². The van der Waals surface area contributed by atoms with Gasteiger partial charge in [-0.1, -0.05) is 43.2 Å². The molecule has 0 bridgehead atoms. The Hall–Kier alpha value is -2.63. The zero-order valence-electron chi connectivity index (χ0n) is 18.8. The second-order valence-corrected chi connectivity index (χ2v) is 9.93. The number of amides is 2. The van der Waals surface area contributed by atoms with E-state index in [1.165, 1.54) is 31.2 Å². The van der Waals surface area contributed by atoms with Gasteiger partial charge in [0.05, 0.1) is 12.2 Å². The predicted octanol–water partition coefficient (Wildman–Crippen LogP) is 4.59.